The maximum Gasteiger partial charge on any atom is 0.337 e. The second-order valence-electron chi connectivity index (χ2n) is 4.93. The van der Waals surface area contributed by atoms with Gasteiger partial charge in [0.2, 0.25) is 0 Å². The molecule has 0 aromatic heterocycles. The molecule has 1 fully saturated rings. The van der Waals surface area contributed by atoms with Crippen LogP contribution >= 0.6 is 0 Å². The number of hydrazine groups is 1. The molecule has 0 spiro atoms. The molecule has 0 saturated carbocycles. The summed E-state index contributed by atoms with van der Waals surface area (Å²) in [6, 6.07) is 11.5. The lowest BCUT2D eigenvalue weighted by molar-refractivity contribution is 0.250. The highest BCUT2D eigenvalue weighted by molar-refractivity contribution is 5.94. The van der Waals surface area contributed by atoms with Crippen LogP contribution < -0.4 is 15.8 Å². The lowest BCUT2D eigenvalue weighted by Crippen LogP contribution is -2.29. The zero-order valence-electron chi connectivity index (χ0n) is 11.4. The number of phenolic OH excluding ortho intramolecular Hbond substituents is 2. The Hall–Kier alpha value is -2.73. The van der Waals surface area contributed by atoms with E-state index in [0.717, 1.165) is 5.56 Å². The molecule has 1 atom stereocenters. The van der Waals surface area contributed by atoms with Crippen molar-refractivity contribution in [1.29, 1.82) is 0 Å². The molecule has 6 nitrogen and oxygen atoms in total. The zero-order valence-corrected chi connectivity index (χ0v) is 11.4. The summed E-state index contributed by atoms with van der Waals surface area (Å²) in [5, 5.41) is 19.4. The summed E-state index contributed by atoms with van der Waals surface area (Å²) in [4.78, 5) is 13.5. The topological polar surface area (TPSA) is 84.8 Å². The molecule has 1 saturated heterocycles. The number of carbonyl (C=O) groups is 1. The van der Waals surface area contributed by atoms with Crippen molar-refractivity contribution in [3.63, 3.8) is 0 Å². The van der Waals surface area contributed by atoms with E-state index < -0.39 is 6.17 Å². The van der Waals surface area contributed by atoms with Crippen LogP contribution in [0.4, 0.5) is 10.5 Å². The molecule has 2 aromatic carbocycles. The minimum Gasteiger partial charge on any atom is -0.508 e. The van der Waals surface area contributed by atoms with Gasteiger partial charge < -0.3 is 10.2 Å². The van der Waals surface area contributed by atoms with E-state index in [1.165, 1.54) is 17.0 Å². The molecule has 0 aliphatic carbocycles. The minimum atomic E-state index is -0.555. The van der Waals surface area contributed by atoms with Crippen LogP contribution in [0.2, 0.25) is 0 Å². The Morgan fingerprint density at radius 3 is 2.48 bits per heavy atom. The van der Waals surface area contributed by atoms with Crippen LogP contribution in [0.5, 0.6) is 11.5 Å². The molecule has 108 valence electrons. The third kappa shape index (κ3) is 2.36. The van der Waals surface area contributed by atoms with Gasteiger partial charge in [-0.3, -0.25) is 10.3 Å². The number of phenols is 2. The van der Waals surface area contributed by atoms with Gasteiger partial charge in [0.05, 0.1) is 0 Å². The number of hydrogen-bond acceptors (Lipinski definition) is 4. The Morgan fingerprint density at radius 1 is 1.10 bits per heavy atom. The maximum absolute atomic E-state index is 12.0. The monoisotopic (exact) mass is 285 g/mol. The molecule has 2 aromatic rings. The molecule has 1 heterocycles. The molecule has 4 N–H and O–H groups in total. The van der Waals surface area contributed by atoms with Crippen molar-refractivity contribution in [2.24, 2.45) is 0 Å². The van der Waals surface area contributed by atoms with E-state index in [0.29, 0.717) is 11.3 Å². The van der Waals surface area contributed by atoms with Crippen molar-refractivity contribution < 1.29 is 15.0 Å². The van der Waals surface area contributed by atoms with Crippen molar-refractivity contribution in [3.05, 3.63) is 53.6 Å². The highest BCUT2D eigenvalue weighted by Crippen LogP contribution is 2.34. The molecule has 0 bridgehead atoms. The number of aromatic hydroxyl groups is 2. The summed E-state index contributed by atoms with van der Waals surface area (Å²) in [6.45, 7) is 1.97. The van der Waals surface area contributed by atoms with E-state index in [-0.39, 0.29) is 17.5 Å². The van der Waals surface area contributed by atoms with Gasteiger partial charge in [-0.15, -0.1) is 0 Å². The van der Waals surface area contributed by atoms with Crippen molar-refractivity contribution in [2.75, 3.05) is 4.90 Å². The van der Waals surface area contributed by atoms with Crippen LogP contribution in [0.1, 0.15) is 17.3 Å². The van der Waals surface area contributed by atoms with Gasteiger partial charge in [0, 0.05) is 17.3 Å². The van der Waals surface area contributed by atoms with E-state index >= 15 is 0 Å². The van der Waals surface area contributed by atoms with Crippen LogP contribution in [-0.2, 0) is 0 Å². The molecule has 1 aliphatic heterocycles. The van der Waals surface area contributed by atoms with Crippen LogP contribution in [-0.4, -0.2) is 16.2 Å². The summed E-state index contributed by atoms with van der Waals surface area (Å²) in [7, 11) is 0. The fraction of sp³-hybridized carbons (Fsp3) is 0.133. The first-order valence-corrected chi connectivity index (χ1v) is 6.49. The average molecular weight is 285 g/mol. The zero-order chi connectivity index (χ0) is 15.0. The van der Waals surface area contributed by atoms with Crippen LogP contribution in [0.15, 0.2) is 42.5 Å². The average Bonchev–Trinajstić information content (AvgIpc) is 2.82. The largest absolute Gasteiger partial charge is 0.508 e. The summed E-state index contributed by atoms with van der Waals surface area (Å²) < 4.78 is 0. The normalized spacial score (nSPS) is 17.9. The number of anilines is 1. The first-order valence-electron chi connectivity index (χ1n) is 6.49. The molecule has 6 heteroatoms. The molecule has 2 amide bonds. The standard InChI is InChI=1S/C15H15N3O3/c1-9-2-4-10(5-3-9)18-14(16-17-15(18)21)12-7-6-11(19)8-13(12)20/h2-8,14,16,19-20H,1H3,(H,17,21). The number of nitrogens with zero attached hydrogens (tertiary/aromatic N) is 1. The van der Waals surface area contributed by atoms with E-state index in [1.807, 2.05) is 31.2 Å². The molecule has 21 heavy (non-hydrogen) atoms. The second-order valence-corrected chi connectivity index (χ2v) is 4.93. The first-order chi connectivity index (χ1) is 10.1. The van der Waals surface area contributed by atoms with E-state index in [1.54, 1.807) is 6.07 Å². The van der Waals surface area contributed by atoms with Crippen molar-refractivity contribution >= 4 is 11.7 Å². The third-order valence-corrected chi connectivity index (χ3v) is 3.41. The lowest BCUT2D eigenvalue weighted by atomic mass is 10.1. The summed E-state index contributed by atoms with van der Waals surface area (Å²) >= 11 is 0. The Balaban J connectivity index is 2.01. The SMILES string of the molecule is Cc1ccc(N2C(=O)NNC2c2ccc(O)cc2O)cc1. The highest BCUT2D eigenvalue weighted by Gasteiger charge is 2.34. The van der Waals surface area contributed by atoms with Gasteiger partial charge in [0.15, 0.2) is 0 Å². The third-order valence-electron chi connectivity index (χ3n) is 3.41. The van der Waals surface area contributed by atoms with Gasteiger partial charge in [0.25, 0.3) is 0 Å². The van der Waals surface area contributed by atoms with Gasteiger partial charge in [-0.1, -0.05) is 17.7 Å². The van der Waals surface area contributed by atoms with Crippen molar-refractivity contribution in [3.8, 4) is 11.5 Å². The number of aryl methyl sites for hydroxylation is 1. The van der Waals surface area contributed by atoms with Crippen molar-refractivity contribution in [1.82, 2.24) is 10.9 Å². The number of urea groups is 1. The molecule has 3 rings (SSSR count). The van der Waals surface area contributed by atoms with E-state index in [4.69, 9.17) is 0 Å². The van der Waals surface area contributed by atoms with Gasteiger partial charge in [0.1, 0.15) is 17.7 Å². The fourth-order valence-corrected chi connectivity index (χ4v) is 2.32. The van der Waals surface area contributed by atoms with Crippen LogP contribution in [0.25, 0.3) is 0 Å². The summed E-state index contributed by atoms with van der Waals surface area (Å²) in [6.07, 6.45) is -0.555. The predicted octanol–water partition coefficient (Wildman–Crippen LogP) is 2.14. The Bertz CT molecular complexity index is 685. The van der Waals surface area contributed by atoms with E-state index in [9.17, 15) is 15.0 Å². The molecular weight excluding hydrogens is 270 g/mol. The number of carbonyl (C=O) groups excluding carboxylic acids is 1. The smallest absolute Gasteiger partial charge is 0.337 e. The van der Waals surface area contributed by atoms with Gasteiger partial charge >= 0.3 is 6.03 Å². The number of rotatable bonds is 2. The Labute approximate surface area is 121 Å². The molecule has 1 aliphatic rings. The van der Waals surface area contributed by atoms with Crippen LogP contribution in [0.3, 0.4) is 0 Å². The lowest BCUT2D eigenvalue weighted by Gasteiger charge is -2.23. The fourth-order valence-electron chi connectivity index (χ4n) is 2.32. The predicted molar refractivity (Wildman–Crippen MR) is 77.8 cm³/mol. The van der Waals surface area contributed by atoms with E-state index in [2.05, 4.69) is 10.9 Å². The van der Waals surface area contributed by atoms with Gasteiger partial charge in [-0.05, 0) is 31.2 Å². The Kier molecular flexibility index (Phi) is 3.15. The summed E-state index contributed by atoms with van der Waals surface area (Å²) in [5.41, 5.74) is 7.66. The number of nitrogens with one attached hydrogen (secondary N) is 2. The quantitative estimate of drug-likeness (QED) is 0.681. The molecular formula is C15H15N3O3. The second kappa shape index (κ2) is 4.99. The Morgan fingerprint density at radius 2 is 1.81 bits per heavy atom. The minimum absolute atomic E-state index is 0.0320. The molecule has 1 unspecified atom stereocenters. The number of hydrogen-bond donors (Lipinski definition) is 4. The van der Waals surface area contributed by atoms with Crippen LogP contribution in [0, 0.1) is 6.92 Å². The first kappa shape index (κ1) is 13.3. The number of benzene rings is 2. The van der Waals surface area contributed by atoms with Gasteiger partial charge in [-0.2, -0.15) is 0 Å². The van der Waals surface area contributed by atoms with Gasteiger partial charge in [-0.25, -0.2) is 10.2 Å². The maximum atomic E-state index is 12.0. The van der Waals surface area contributed by atoms with Crippen molar-refractivity contribution in [2.45, 2.75) is 13.1 Å². The number of amides is 2. The summed E-state index contributed by atoms with van der Waals surface area (Å²) in [5.74, 6) is -0.114. The molecule has 0 radical (unpaired) electrons. The highest BCUT2D eigenvalue weighted by atomic mass is 16.3.